The van der Waals surface area contributed by atoms with E-state index in [0.29, 0.717) is 22.8 Å². The van der Waals surface area contributed by atoms with E-state index in [1.54, 1.807) is 18.0 Å². The monoisotopic (exact) mass is 303 g/mol. The largest absolute Gasteiger partial charge is 0.344 e. The molecule has 0 aliphatic heterocycles. The second-order valence-electron chi connectivity index (χ2n) is 3.82. The van der Waals surface area contributed by atoms with Crippen LogP contribution >= 0.6 is 27.5 Å². The molecule has 16 heavy (non-hydrogen) atoms. The minimum absolute atomic E-state index is 0.0828. The molecule has 0 N–H and O–H groups in total. The van der Waals surface area contributed by atoms with Crippen molar-refractivity contribution in [2.24, 2.45) is 0 Å². The van der Waals surface area contributed by atoms with Crippen molar-refractivity contribution < 1.29 is 4.79 Å². The highest BCUT2D eigenvalue weighted by Gasteiger charge is 2.12. The van der Waals surface area contributed by atoms with Crippen LogP contribution < -0.4 is 0 Å². The van der Waals surface area contributed by atoms with E-state index in [9.17, 15) is 4.79 Å². The van der Waals surface area contributed by atoms with Crippen molar-refractivity contribution in [2.45, 2.75) is 18.2 Å². The van der Waals surface area contributed by atoms with Gasteiger partial charge in [-0.25, -0.2) is 0 Å². The molecule has 2 nitrogen and oxygen atoms in total. The van der Waals surface area contributed by atoms with Crippen molar-refractivity contribution in [3.05, 3.63) is 34.9 Å². The van der Waals surface area contributed by atoms with E-state index in [0.717, 1.165) is 5.56 Å². The maximum atomic E-state index is 11.8. The number of hydrogen-bond donors (Lipinski definition) is 0. The number of benzene rings is 1. The van der Waals surface area contributed by atoms with Gasteiger partial charge >= 0.3 is 0 Å². The summed E-state index contributed by atoms with van der Waals surface area (Å²) in [5, 5.41) is 0.649. The van der Waals surface area contributed by atoms with E-state index in [-0.39, 0.29) is 5.91 Å². The summed E-state index contributed by atoms with van der Waals surface area (Å²) < 4.78 is 0. The average Bonchev–Trinajstić information content (AvgIpc) is 2.20. The molecule has 4 heteroatoms. The van der Waals surface area contributed by atoms with Crippen molar-refractivity contribution in [2.75, 3.05) is 13.6 Å². The molecule has 0 saturated carbocycles. The Morgan fingerprint density at radius 2 is 2.12 bits per heavy atom. The highest BCUT2D eigenvalue weighted by Crippen LogP contribution is 2.16. The molecule has 0 saturated heterocycles. The Kier molecular flexibility index (Phi) is 5.29. The standard InChI is InChI=1S/C12H15BrClNO/c1-9(13)8-15(2)12(16)7-10-5-3-4-6-11(10)14/h3-6,9H,7-8H2,1-2H3. The van der Waals surface area contributed by atoms with Gasteiger partial charge in [0, 0.05) is 23.4 Å². The molecule has 0 spiro atoms. The van der Waals surface area contributed by atoms with Crippen molar-refractivity contribution in [3.63, 3.8) is 0 Å². The maximum absolute atomic E-state index is 11.8. The number of carbonyl (C=O) groups excluding carboxylic acids is 1. The summed E-state index contributed by atoms with van der Waals surface area (Å²) in [4.78, 5) is 13.9. The van der Waals surface area contributed by atoms with Crippen LogP contribution in [0, 0.1) is 0 Å². The molecule has 0 aromatic heterocycles. The van der Waals surface area contributed by atoms with Crippen molar-refractivity contribution in [3.8, 4) is 0 Å². The summed E-state index contributed by atoms with van der Waals surface area (Å²) in [5.74, 6) is 0.0828. The summed E-state index contributed by atoms with van der Waals surface area (Å²) in [5.41, 5.74) is 0.878. The van der Waals surface area contributed by atoms with E-state index in [4.69, 9.17) is 11.6 Å². The van der Waals surface area contributed by atoms with Crippen LogP contribution in [0.2, 0.25) is 5.02 Å². The Morgan fingerprint density at radius 1 is 1.50 bits per heavy atom. The van der Waals surface area contributed by atoms with Crippen molar-refractivity contribution in [1.82, 2.24) is 4.90 Å². The van der Waals surface area contributed by atoms with Crippen LogP contribution in [0.3, 0.4) is 0 Å². The molecule has 0 fully saturated rings. The lowest BCUT2D eigenvalue weighted by Crippen LogP contribution is -2.32. The molecule has 0 aliphatic rings. The molecule has 1 unspecified atom stereocenters. The van der Waals surface area contributed by atoms with Gasteiger partial charge in [0.25, 0.3) is 0 Å². The normalized spacial score (nSPS) is 12.2. The number of rotatable bonds is 4. The van der Waals surface area contributed by atoms with Crippen LogP contribution in [0.15, 0.2) is 24.3 Å². The van der Waals surface area contributed by atoms with E-state index < -0.39 is 0 Å². The molecule has 1 aromatic carbocycles. The molecule has 1 rings (SSSR count). The van der Waals surface area contributed by atoms with Crippen LogP contribution in [-0.4, -0.2) is 29.2 Å². The molecule has 1 aromatic rings. The number of alkyl halides is 1. The first-order valence-electron chi connectivity index (χ1n) is 5.12. The molecule has 0 heterocycles. The fraction of sp³-hybridized carbons (Fsp3) is 0.417. The van der Waals surface area contributed by atoms with Crippen molar-refractivity contribution >= 4 is 33.4 Å². The predicted molar refractivity (Wildman–Crippen MR) is 71.2 cm³/mol. The number of likely N-dealkylation sites (N-methyl/N-ethyl adjacent to an activating group) is 1. The lowest BCUT2D eigenvalue weighted by atomic mass is 10.1. The van der Waals surface area contributed by atoms with E-state index in [1.807, 2.05) is 25.1 Å². The van der Waals surface area contributed by atoms with Gasteiger partial charge in [-0.05, 0) is 11.6 Å². The summed E-state index contributed by atoms with van der Waals surface area (Å²) in [6.07, 6.45) is 0.357. The second-order valence-corrected chi connectivity index (χ2v) is 5.79. The predicted octanol–water partition coefficient (Wildman–Crippen LogP) is 3.12. The summed E-state index contributed by atoms with van der Waals surface area (Å²) in [7, 11) is 1.80. The van der Waals surface area contributed by atoms with E-state index in [1.165, 1.54) is 0 Å². The number of halogens is 2. The lowest BCUT2D eigenvalue weighted by Gasteiger charge is -2.18. The van der Waals surface area contributed by atoms with Gasteiger partial charge < -0.3 is 4.90 Å². The quantitative estimate of drug-likeness (QED) is 0.783. The minimum Gasteiger partial charge on any atom is -0.344 e. The fourth-order valence-corrected chi connectivity index (χ4v) is 2.06. The van der Waals surface area contributed by atoms with Gasteiger partial charge in [-0.3, -0.25) is 4.79 Å². The zero-order chi connectivity index (χ0) is 12.1. The Bertz CT molecular complexity index is 368. The average molecular weight is 305 g/mol. The Hall–Kier alpha value is -0.540. The highest BCUT2D eigenvalue weighted by atomic mass is 79.9. The van der Waals surface area contributed by atoms with Gasteiger partial charge in [0.1, 0.15) is 0 Å². The molecular weight excluding hydrogens is 289 g/mol. The van der Waals surface area contributed by atoms with Crippen LogP contribution in [0.1, 0.15) is 12.5 Å². The zero-order valence-electron chi connectivity index (χ0n) is 9.41. The van der Waals surface area contributed by atoms with E-state index >= 15 is 0 Å². The molecule has 1 amide bonds. The van der Waals surface area contributed by atoms with Crippen LogP contribution in [0.5, 0.6) is 0 Å². The Morgan fingerprint density at radius 3 is 2.69 bits per heavy atom. The summed E-state index contributed by atoms with van der Waals surface area (Å²) in [6, 6.07) is 7.44. The zero-order valence-corrected chi connectivity index (χ0v) is 11.8. The number of amides is 1. The minimum atomic E-state index is 0.0828. The molecule has 1 atom stereocenters. The third kappa shape index (κ3) is 4.14. The van der Waals surface area contributed by atoms with Crippen molar-refractivity contribution in [1.29, 1.82) is 0 Å². The SMILES string of the molecule is CC(Br)CN(C)C(=O)Cc1ccccc1Cl. The first-order chi connectivity index (χ1) is 7.50. The molecule has 0 radical (unpaired) electrons. The highest BCUT2D eigenvalue weighted by molar-refractivity contribution is 9.09. The van der Waals surface area contributed by atoms with Crippen LogP contribution in [0.25, 0.3) is 0 Å². The Balaban J connectivity index is 2.61. The van der Waals surface area contributed by atoms with Gasteiger partial charge in [-0.2, -0.15) is 0 Å². The topological polar surface area (TPSA) is 20.3 Å². The summed E-state index contributed by atoms with van der Waals surface area (Å²) in [6.45, 7) is 2.71. The second kappa shape index (κ2) is 6.26. The van der Waals surface area contributed by atoms with Gasteiger partial charge in [0.15, 0.2) is 0 Å². The molecule has 88 valence electrons. The number of hydrogen-bond acceptors (Lipinski definition) is 1. The van der Waals surface area contributed by atoms with E-state index in [2.05, 4.69) is 15.9 Å². The van der Waals surface area contributed by atoms with Gasteiger partial charge in [-0.15, -0.1) is 0 Å². The smallest absolute Gasteiger partial charge is 0.226 e. The summed E-state index contributed by atoms with van der Waals surface area (Å²) >= 11 is 9.42. The third-order valence-electron chi connectivity index (χ3n) is 2.25. The molecule has 0 aliphatic carbocycles. The fourth-order valence-electron chi connectivity index (χ4n) is 1.42. The van der Waals surface area contributed by atoms with Gasteiger partial charge in [0.05, 0.1) is 6.42 Å². The lowest BCUT2D eigenvalue weighted by molar-refractivity contribution is -0.129. The van der Waals surface area contributed by atoms with Gasteiger partial charge in [0.2, 0.25) is 5.91 Å². The molecule has 0 bridgehead atoms. The molecular formula is C12H15BrClNO. The number of nitrogens with zero attached hydrogens (tertiary/aromatic N) is 1. The maximum Gasteiger partial charge on any atom is 0.226 e. The van der Waals surface area contributed by atoms with Crippen LogP contribution in [-0.2, 0) is 11.2 Å². The Labute approximate surface area is 110 Å². The van der Waals surface area contributed by atoms with Crippen LogP contribution in [0.4, 0.5) is 0 Å². The first-order valence-corrected chi connectivity index (χ1v) is 6.41. The third-order valence-corrected chi connectivity index (χ3v) is 2.91. The number of carbonyl (C=O) groups is 1. The first kappa shape index (κ1) is 13.5. The van der Waals surface area contributed by atoms with Gasteiger partial charge in [-0.1, -0.05) is 52.7 Å².